The number of aliphatic hydroxyl groups excluding tert-OH is 1. The van der Waals surface area contributed by atoms with Gasteiger partial charge in [0.15, 0.2) is 12.1 Å². The Morgan fingerprint density at radius 3 is 2.27 bits per heavy atom. The molecule has 9 rings (SSSR count). The lowest BCUT2D eigenvalue weighted by Crippen LogP contribution is -2.57. The van der Waals surface area contributed by atoms with Crippen LogP contribution in [-0.2, 0) is 4.74 Å². The summed E-state index contributed by atoms with van der Waals surface area (Å²) in [5, 5.41) is 11.5. The fraction of sp³-hybridized carbons (Fsp3) is 0.608. The number of alkyl halides is 2. The third-order valence-corrected chi connectivity index (χ3v) is 21.8. The van der Waals surface area contributed by atoms with Crippen molar-refractivity contribution < 1.29 is 41.7 Å². The Kier molecular flexibility index (Phi) is 11.8. The fourth-order valence-corrected chi connectivity index (χ4v) is 17.7. The van der Waals surface area contributed by atoms with E-state index in [1.807, 2.05) is 25.7 Å². The number of benzene rings is 2. The number of ether oxygens (including phenoxy) is 3. The number of hydrogen-bond donors (Lipinski definition) is 1. The molecule has 67 heavy (non-hydrogen) atoms. The Balaban J connectivity index is 1.19. The van der Waals surface area contributed by atoms with Crippen molar-refractivity contribution in [2.24, 2.45) is 5.41 Å². The van der Waals surface area contributed by atoms with E-state index in [0.29, 0.717) is 61.0 Å². The molecule has 5 aliphatic rings. The van der Waals surface area contributed by atoms with E-state index in [-0.39, 0.29) is 81.9 Å². The minimum atomic E-state index is -2.72. The summed E-state index contributed by atoms with van der Waals surface area (Å²) in [6, 6.07) is 5.61. The average Bonchev–Trinajstić information content (AvgIpc) is 3.49. The molecule has 6 heterocycles. The van der Waals surface area contributed by atoms with E-state index >= 15 is 8.78 Å². The predicted octanol–water partition coefficient (Wildman–Crippen LogP) is 10.6. The highest BCUT2D eigenvalue weighted by molar-refractivity contribution is 6.90. The molecule has 1 N–H and O–H groups in total. The maximum Gasteiger partial charge on any atom is 0.410 e. The highest BCUT2D eigenvalue weighted by atomic mass is 28.3. The number of fused-ring (bicyclic) bond motifs is 5. The molecule has 1 aliphatic carbocycles. The van der Waals surface area contributed by atoms with E-state index in [1.165, 1.54) is 19.2 Å². The molecule has 11 nitrogen and oxygen atoms in total. The molecule has 2 bridgehead atoms. The van der Waals surface area contributed by atoms with Crippen LogP contribution in [0.5, 0.6) is 11.8 Å². The van der Waals surface area contributed by atoms with Gasteiger partial charge in [0.1, 0.15) is 48.9 Å². The number of amides is 1. The fourth-order valence-electron chi connectivity index (χ4n) is 12.4. The molecule has 5 atom stereocenters. The molecule has 16 heteroatoms. The van der Waals surface area contributed by atoms with E-state index in [4.69, 9.17) is 29.2 Å². The maximum absolute atomic E-state index is 18.0. The monoisotopic (exact) mass is 944 g/mol. The molecule has 5 fully saturated rings. The number of piperazine rings is 1. The van der Waals surface area contributed by atoms with Crippen molar-refractivity contribution in [2.45, 2.75) is 160 Å². The molecule has 1 amide bonds. The quantitative estimate of drug-likeness (QED) is 0.0714. The number of hydrogen-bond acceptors (Lipinski definition) is 10. The smallest absolute Gasteiger partial charge is 0.410 e. The van der Waals surface area contributed by atoms with Crippen LogP contribution in [0.3, 0.4) is 0 Å². The van der Waals surface area contributed by atoms with Crippen molar-refractivity contribution in [1.82, 2.24) is 24.8 Å². The molecular formula is C51H64F4N6O5Si. The molecule has 2 aromatic carbocycles. The van der Waals surface area contributed by atoms with Crippen LogP contribution >= 0.6 is 0 Å². The Bertz CT molecular complexity index is 2650. The van der Waals surface area contributed by atoms with Gasteiger partial charge in [-0.2, -0.15) is 9.97 Å². The summed E-state index contributed by atoms with van der Waals surface area (Å²) in [4.78, 5) is 33.8. The highest BCUT2D eigenvalue weighted by Crippen LogP contribution is 2.69. The first-order valence-corrected chi connectivity index (χ1v) is 26.2. The lowest BCUT2D eigenvalue weighted by Gasteiger charge is -2.42. The summed E-state index contributed by atoms with van der Waals surface area (Å²) < 4.78 is 82.1. The molecule has 4 aromatic rings. The van der Waals surface area contributed by atoms with Crippen LogP contribution in [0.15, 0.2) is 30.5 Å². The Hall–Kier alpha value is -4.72. The Morgan fingerprint density at radius 1 is 0.985 bits per heavy atom. The number of rotatable bonds is 10. The number of pyridine rings is 1. The molecule has 1 saturated carbocycles. The van der Waals surface area contributed by atoms with E-state index in [0.717, 1.165) is 19.3 Å². The van der Waals surface area contributed by atoms with Gasteiger partial charge in [0, 0.05) is 43.2 Å². The van der Waals surface area contributed by atoms with Gasteiger partial charge >= 0.3 is 12.1 Å². The Labute approximate surface area is 392 Å². The minimum absolute atomic E-state index is 0.0472. The lowest BCUT2D eigenvalue weighted by atomic mass is 9.89. The number of carbonyl (C=O) groups is 1. The normalized spacial score (nSPS) is 25.1. The van der Waals surface area contributed by atoms with Gasteiger partial charge in [-0.15, -0.1) is 5.54 Å². The van der Waals surface area contributed by atoms with Gasteiger partial charge in [-0.3, -0.25) is 14.8 Å². The zero-order valence-electron chi connectivity index (χ0n) is 40.4. The summed E-state index contributed by atoms with van der Waals surface area (Å²) in [5.41, 5.74) is 2.12. The SMILES string of the molecule is CC(O)Oc1cc(-c2ncc3c(N4C[C@H]5CC[C@@H](C4)N5C(=O)OC(C)(C)C)nc(OC[C@@]45CCCN4C[C@]4(CC4(F)F)C5)nc3c2F)c2c(C#C[Si](C(C)C)(C(C)C)C(C)C)c(F)ccc2c1. The standard InChI is InChI=1S/C51H64F4N6O5Si/c1-29(2)67(30(3)4,31(5)6)19-16-37-40(52)15-12-33-20-36(65-32(7)62)21-38(41(33)37)43-42(53)44-39(22-56-43)45(59-23-34-13-14-35(24-59)61(34)47(63)66-48(8,9)10)58-46(57-44)64-28-50-17-11-18-60(50)27-49(25-50)26-51(49,54)55/h12,15,20-22,29-32,34-35,62H,11,13-14,17-18,23-28H2,1-10H3/t32?,34-,35+,49-,50+/m1/s1. The van der Waals surface area contributed by atoms with Crippen LogP contribution in [0.25, 0.3) is 32.9 Å². The topological polar surface area (TPSA) is 113 Å². The van der Waals surface area contributed by atoms with Gasteiger partial charge in [-0.25, -0.2) is 22.4 Å². The van der Waals surface area contributed by atoms with Crippen LogP contribution in [0.2, 0.25) is 16.6 Å². The predicted molar refractivity (Wildman–Crippen MR) is 253 cm³/mol. The number of aliphatic hydroxyl groups is 1. The van der Waals surface area contributed by atoms with E-state index in [1.54, 1.807) is 23.1 Å². The number of anilines is 1. The number of aromatic nitrogens is 3. The zero-order chi connectivity index (χ0) is 48.2. The summed E-state index contributed by atoms with van der Waals surface area (Å²) in [6.07, 6.45) is 3.06. The second kappa shape index (κ2) is 16.8. The molecule has 1 unspecified atom stereocenters. The van der Waals surface area contributed by atoms with Crippen LogP contribution in [-0.4, -0.2) is 112 Å². The molecular weight excluding hydrogens is 881 g/mol. The third-order valence-electron chi connectivity index (χ3n) is 15.5. The summed E-state index contributed by atoms with van der Waals surface area (Å²) in [5.74, 6) is -0.238. The van der Waals surface area contributed by atoms with E-state index < -0.39 is 48.5 Å². The zero-order valence-corrected chi connectivity index (χ0v) is 41.4. The molecule has 4 aliphatic heterocycles. The first-order valence-electron chi connectivity index (χ1n) is 24.0. The van der Waals surface area contributed by atoms with Crippen molar-refractivity contribution in [1.29, 1.82) is 0 Å². The van der Waals surface area contributed by atoms with Crippen molar-refractivity contribution in [3.05, 3.63) is 47.7 Å². The van der Waals surface area contributed by atoms with Gasteiger partial charge in [-0.05, 0) is 107 Å². The maximum atomic E-state index is 18.0. The summed E-state index contributed by atoms with van der Waals surface area (Å²) in [6.45, 7) is 21.8. The molecule has 4 saturated heterocycles. The first kappa shape index (κ1) is 47.3. The van der Waals surface area contributed by atoms with Gasteiger partial charge in [0.05, 0.1) is 34.0 Å². The number of halogens is 4. The van der Waals surface area contributed by atoms with Gasteiger partial charge < -0.3 is 24.2 Å². The van der Waals surface area contributed by atoms with Gasteiger partial charge in [0.25, 0.3) is 5.92 Å². The molecule has 360 valence electrons. The first-order chi connectivity index (χ1) is 31.5. The van der Waals surface area contributed by atoms with Crippen LogP contribution in [0.1, 0.15) is 113 Å². The Morgan fingerprint density at radius 2 is 1.66 bits per heavy atom. The van der Waals surface area contributed by atoms with Crippen LogP contribution in [0.4, 0.5) is 28.2 Å². The lowest BCUT2D eigenvalue weighted by molar-refractivity contribution is -0.000213. The largest absolute Gasteiger partial charge is 0.465 e. The number of carbonyl (C=O) groups excluding carboxylic acids is 1. The van der Waals surface area contributed by atoms with E-state index in [9.17, 15) is 18.7 Å². The molecule has 1 spiro atoms. The van der Waals surface area contributed by atoms with Crippen molar-refractivity contribution in [2.75, 3.05) is 37.7 Å². The van der Waals surface area contributed by atoms with Gasteiger partial charge in [-0.1, -0.05) is 53.5 Å². The average molecular weight is 945 g/mol. The van der Waals surface area contributed by atoms with Crippen molar-refractivity contribution >= 4 is 41.7 Å². The molecule has 0 radical (unpaired) electrons. The van der Waals surface area contributed by atoms with Crippen molar-refractivity contribution in [3.8, 4) is 34.5 Å². The van der Waals surface area contributed by atoms with E-state index in [2.05, 4.69) is 57.9 Å². The molecule has 2 aromatic heterocycles. The summed E-state index contributed by atoms with van der Waals surface area (Å²) >= 11 is 0. The minimum Gasteiger partial charge on any atom is -0.465 e. The highest BCUT2D eigenvalue weighted by Gasteiger charge is 2.77. The second-order valence-electron chi connectivity index (χ2n) is 21.9. The summed E-state index contributed by atoms with van der Waals surface area (Å²) in [7, 11) is -2.37. The third kappa shape index (κ3) is 8.18. The van der Waals surface area contributed by atoms with Crippen molar-refractivity contribution in [3.63, 3.8) is 0 Å². The van der Waals surface area contributed by atoms with Crippen LogP contribution < -0.4 is 14.4 Å². The second-order valence-corrected chi connectivity index (χ2v) is 27.5. The number of nitrogens with zero attached hydrogens (tertiary/aromatic N) is 6. The van der Waals surface area contributed by atoms with Crippen LogP contribution in [0, 0.1) is 28.5 Å². The van der Waals surface area contributed by atoms with Gasteiger partial charge in [0.2, 0.25) is 0 Å².